The molecule has 4 nitrogen and oxygen atoms in total. The Balaban J connectivity index is 1.48. The zero-order valence-corrected chi connectivity index (χ0v) is 14.1. The van der Waals surface area contributed by atoms with Gasteiger partial charge in [-0.25, -0.2) is 0 Å². The lowest BCUT2D eigenvalue weighted by atomic mass is 10.1. The summed E-state index contributed by atoms with van der Waals surface area (Å²) in [4.78, 5) is 14.3. The second-order valence-corrected chi connectivity index (χ2v) is 6.43. The van der Waals surface area contributed by atoms with Gasteiger partial charge in [-0.2, -0.15) is 0 Å². The van der Waals surface area contributed by atoms with Crippen LogP contribution in [0.15, 0.2) is 48.5 Å². The molecule has 126 valence electrons. The van der Waals surface area contributed by atoms with Crippen LogP contribution in [0.25, 0.3) is 0 Å². The van der Waals surface area contributed by atoms with Gasteiger partial charge in [-0.05, 0) is 36.8 Å². The molecule has 4 heteroatoms. The summed E-state index contributed by atoms with van der Waals surface area (Å²) in [7, 11) is 0. The molecule has 0 radical (unpaired) electrons. The van der Waals surface area contributed by atoms with E-state index in [9.17, 15) is 4.79 Å². The molecule has 2 aromatic rings. The first-order valence-corrected chi connectivity index (χ1v) is 8.46. The molecular formula is C20H24N2O2. The lowest BCUT2D eigenvalue weighted by Crippen LogP contribution is -2.42. The molecular weight excluding hydrogens is 300 g/mol. The van der Waals surface area contributed by atoms with Crippen molar-refractivity contribution in [1.29, 1.82) is 0 Å². The Bertz CT molecular complexity index is 672. The number of nitrogen functional groups attached to an aromatic ring is 1. The minimum atomic E-state index is 0.175. The van der Waals surface area contributed by atoms with Gasteiger partial charge in [0.15, 0.2) is 0 Å². The lowest BCUT2D eigenvalue weighted by Gasteiger charge is -2.32. The van der Waals surface area contributed by atoms with Crippen LogP contribution < -0.4 is 10.5 Å². The molecule has 0 unspecified atom stereocenters. The van der Waals surface area contributed by atoms with E-state index in [1.165, 1.54) is 5.56 Å². The van der Waals surface area contributed by atoms with Gasteiger partial charge in [0.05, 0.1) is 6.42 Å². The minimum Gasteiger partial charge on any atom is -0.490 e. The second kappa shape index (κ2) is 7.39. The van der Waals surface area contributed by atoms with Crippen LogP contribution in [0.3, 0.4) is 0 Å². The first-order valence-electron chi connectivity index (χ1n) is 8.46. The highest BCUT2D eigenvalue weighted by molar-refractivity contribution is 5.79. The summed E-state index contributed by atoms with van der Waals surface area (Å²) in [5.74, 6) is 1.08. The van der Waals surface area contributed by atoms with Gasteiger partial charge in [0.1, 0.15) is 11.9 Å². The first kappa shape index (κ1) is 16.4. The maximum absolute atomic E-state index is 12.4. The normalized spacial score (nSPS) is 15.3. The van der Waals surface area contributed by atoms with Crippen LogP contribution in [-0.4, -0.2) is 30.0 Å². The molecule has 3 rings (SSSR count). The maximum atomic E-state index is 12.4. The Labute approximate surface area is 143 Å². The van der Waals surface area contributed by atoms with Crippen molar-refractivity contribution in [2.45, 2.75) is 32.3 Å². The predicted molar refractivity (Wildman–Crippen MR) is 96.0 cm³/mol. The van der Waals surface area contributed by atoms with Gasteiger partial charge in [0, 0.05) is 31.6 Å². The number of amides is 1. The van der Waals surface area contributed by atoms with E-state index in [1.54, 1.807) is 0 Å². The number of hydrogen-bond acceptors (Lipinski definition) is 3. The summed E-state index contributed by atoms with van der Waals surface area (Å²) >= 11 is 0. The molecule has 0 saturated carbocycles. The molecule has 2 N–H and O–H groups in total. The second-order valence-electron chi connectivity index (χ2n) is 6.43. The Kier molecular flexibility index (Phi) is 5.04. The molecule has 0 spiro atoms. The molecule has 0 aliphatic carbocycles. The summed E-state index contributed by atoms with van der Waals surface area (Å²) in [6, 6.07) is 15.6. The Morgan fingerprint density at radius 3 is 2.33 bits per heavy atom. The standard InChI is InChI=1S/C20H24N2O2/c1-15-2-8-18(9-3-15)24-19-10-12-22(13-11-19)20(23)14-16-4-6-17(21)7-5-16/h2-9,19H,10-14,21H2,1H3. The van der Waals surface area contributed by atoms with E-state index in [-0.39, 0.29) is 12.0 Å². The fourth-order valence-electron chi connectivity index (χ4n) is 2.95. The van der Waals surface area contributed by atoms with Crippen LogP contribution in [0.4, 0.5) is 5.69 Å². The van der Waals surface area contributed by atoms with Crippen molar-refractivity contribution in [3.8, 4) is 5.75 Å². The Morgan fingerprint density at radius 1 is 1.08 bits per heavy atom. The van der Waals surface area contributed by atoms with Crippen molar-refractivity contribution in [1.82, 2.24) is 4.90 Å². The van der Waals surface area contributed by atoms with Crippen molar-refractivity contribution in [2.75, 3.05) is 18.8 Å². The highest BCUT2D eigenvalue weighted by Gasteiger charge is 2.23. The molecule has 24 heavy (non-hydrogen) atoms. The predicted octanol–water partition coefficient (Wildman–Crippen LogP) is 3.19. The van der Waals surface area contributed by atoms with Crippen molar-refractivity contribution >= 4 is 11.6 Å². The topological polar surface area (TPSA) is 55.6 Å². The summed E-state index contributed by atoms with van der Waals surface area (Å²) in [6.45, 7) is 3.57. The highest BCUT2D eigenvalue weighted by atomic mass is 16.5. The summed E-state index contributed by atoms with van der Waals surface area (Å²) in [5.41, 5.74) is 8.63. The number of hydrogen-bond donors (Lipinski definition) is 1. The van der Waals surface area contributed by atoms with E-state index in [4.69, 9.17) is 10.5 Å². The number of aryl methyl sites for hydroxylation is 1. The van der Waals surface area contributed by atoms with E-state index < -0.39 is 0 Å². The Hall–Kier alpha value is -2.49. The van der Waals surface area contributed by atoms with E-state index in [0.29, 0.717) is 6.42 Å². The number of ether oxygens (including phenoxy) is 1. The molecule has 1 saturated heterocycles. The number of carbonyl (C=O) groups excluding carboxylic acids is 1. The number of nitrogens with zero attached hydrogens (tertiary/aromatic N) is 1. The van der Waals surface area contributed by atoms with Crippen LogP contribution in [0, 0.1) is 6.92 Å². The highest BCUT2D eigenvalue weighted by Crippen LogP contribution is 2.20. The molecule has 1 fully saturated rings. The van der Waals surface area contributed by atoms with E-state index in [1.807, 2.05) is 41.3 Å². The van der Waals surface area contributed by atoms with Gasteiger partial charge < -0.3 is 15.4 Å². The fraction of sp³-hybridized carbons (Fsp3) is 0.350. The molecule has 1 aliphatic heterocycles. The van der Waals surface area contributed by atoms with Crippen molar-refractivity contribution < 1.29 is 9.53 Å². The van der Waals surface area contributed by atoms with Crippen molar-refractivity contribution in [3.05, 3.63) is 59.7 Å². The number of anilines is 1. The molecule has 1 heterocycles. The van der Waals surface area contributed by atoms with Gasteiger partial charge in [0.2, 0.25) is 5.91 Å². The number of nitrogens with two attached hydrogens (primary N) is 1. The van der Waals surface area contributed by atoms with Crippen LogP contribution in [-0.2, 0) is 11.2 Å². The van der Waals surface area contributed by atoms with Gasteiger partial charge in [-0.15, -0.1) is 0 Å². The lowest BCUT2D eigenvalue weighted by molar-refractivity contribution is -0.132. The number of carbonyl (C=O) groups is 1. The van der Waals surface area contributed by atoms with Gasteiger partial charge >= 0.3 is 0 Å². The number of rotatable bonds is 4. The molecule has 0 bridgehead atoms. The third-order valence-electron chi connectivity index (χ3n) is 4.45. The quantitative estimate of drug-likeness (QED) is 0.879. The zero-order chi connectivity index (χ0) is 16.9. The van der Waals surface area contributed by atoms with Crippen molar-refractivity contribution in [3.63, 3.8) is 0 Å². The van der Waals surface area contributed by atoms with E-state index >= 15 is 0 Å². The maximum Gasteiger partial charge on any atom is 0.226 e. The summed E-state index contributed by atoms with van der Waals surface area (Å²) < 4.78 is 6.02. The zero-order valence-electron chi connectivity index (χ0n) is 14.1. The Morgan fingerprint density at radius 2 is 1.71 bits per heavy atom. The molecule has 1 aliphatic rings. The average Bonchev–Trinajstić information content (AvgIpc) is 2.59. The van der Waals surface area contributed by atoms with Crippen molar-refractivity contribution in [2.24, 2.45) is 0 Å². The van der Waals surface area contributed by atoms with Crippen LogP contribution >= 0.6 is 0 Å². The van der Waals surface area contributed by atoms with Gasteiger partial charge in [-0.1, -0.05) is 29.8 Å². The average molecular weight is 324 g/mol. The molecule has 0 aromatic heterocycles. The first-order chi connectivity index (χ1) is 11.6. The van der Waals surface area contributed by atoms with Crippen LogP contribution in [0.5, 0.6) is 5.75 Å². The van der Waals surface area contributed by atoms with E-state index in [2.05, 4.69) is 19.1 Å². The SMILES string of the molecule is Cc1ccc(OC2CCN(C(=O)Cc3ccc(N)cc3)CC2)cc1. The molecule has 0 atom stereocenters. The fourth-order valence-corrected chi connectivity index (χ4v) is 2.95. The molecule has 1 amide bonds. The molecule has 2 aromatic carbocycles. The van der Waals surface area contributed by atoms with Crippen LogP contribution in [0.1, 0.15) is 24.0 Å². The third-order valence-corrected chi connectivity index (χ3v) is 4.45. The monoisotopic (exact) mass is 324 g/mol. The number of benzene rings is 2. The summed E-state index contributed by atoms with van der Waals surface area (Å²) in [5, 5.41) is 0. The van der Waals surface area contributed by atoms with E-state index in [0.717, 1.165) is 42.9 Å². The number of likely N-dealkylation sites (tertiary alicyclic amines) is 1. The minimum absolute atomic E-state index is 0.175. The smallest absolute Gasteiger partial charge is 0.226 e. The largest absolute Gasteiger partial charge is 0.490 e. The van der Waals surface area contributed by atoms with Gasteiger partial charge in [0.25, 0.3) is 0 Å². The number of piperidine rings is 1. The summed E-state index contributed by atoms with van der Waals surface area (Å²) in [6.07, 6.45) is 2.38. The van der Waals surface area contributed by atoms with Gasteiger partial charge in [-0.3, -0.25) is 4.79 Å². The third kappa shape index (κ3) is 4.28. The van der Waals surface area contributed by atoms with Crippen LogP contribution in [0.2, 0.25) is 0 Å².